The van der Waals surface area contributed by atoms with E-state index in [0.29, 0.717) is 18.9 Å². The molecule has 1 rings (SSSR count). The first kappa shape index (κ1) is 16.3. The maximum absolute atomic E-state index is 13.0. The van der Waals surface area contributed by atoms with Gasteiger partial charge in [-0.2, -0.15) is 0 Å². The summed E-state index contributed by atoms with van der Waals surface area (Å²) >= 11 is 0. The van der Waals surface area contributed by atoms with Crippen LogP contribution in [0.15, 0.2) is 29.3 Å². The second-order valence-electron chi connectivity index (χ2n) is 5.44. The third-order valence-electron chi connectivity index (χ3n) is 2.26. The fraction of sp³-hybridized carbons (Fsp3) is 0.533. The number of nitrogens with zero attached hydrogens (tertiary/aromatic N) is 1. The maximum atomic E-state index is 13.0. The van der Waals surface area contributed by atoms with E-state index in [2.05, 4.69) is 36.4 Å². The molecule has 0 heterocycles. The van der Waals surface area contributed by atoms with Gasteiger partial charge in [-0.1, -0.05) is 6.07 Å². The van der Waals surface area contributed by atoms with Gasteiger partial charge < -0.3 is 15.4 Å². The highest BCUT2D eigenvalue weighted by atomic mass is 19.1. The Balaban J connectivity index is 2.44. The predicted molar refractivity (Wildman–Crippen MR) is 80.8 cm³/mol. The van der Waals surface area contributed by atoms with Crippen molar-refractivity contribution in [3.63, 3.8) is 0 Å². The highest BCUT2D eigenvalue weighted by Gasteiger charge is 2.11. The minimum atomic E-state index is -0.297. The summed E-state index contributed by atoms with van der Waals surface area (Å²) in [6.45, 7) is 9.94. The van der Waals surface area contributed by atoms with Crippen LogP contribution in [0.4, 0.5) is 4.39 Å². The molecule has 112 valence electrons. The van der Waals surface area contributed by atoms with Gasteiger partial charge in [0.2, 0.25) is 0 Å². The molecule has 1 aromatic carbocycles. The molecule has 4 nitrogen and oxygen atoms in total. The lowest BCUT2D eigenvalue weighted by Crippen LogP contribution is -2.47. The van der Waals surface area contributed by atoms with Gasteiger partial charge in [-0.05, 0) is 39.8 Å². The first-order valence-electron chi connectivity index (χ1n) is 6.85. The van der Waals surface area contributed by atoms with E-state index in [4.69, 9.17) is 4.74 Å². The monoisotopic (exact) mass is 281 g/mol. The van der Waals surface area contributed by atoms with Crippen molar-refractivity contribution in [2.75, 3.05) is 19.7 Å². The van der Waals surface area contributed by atoms with Gasteiger partial charge in [-0.25, -0.2) is 9.38 Å². The van der Waals surface area contributed by atoms with Gasteiger partial charge in [-0.15, -0.1) is 0 Å². The van der Waals surface area contributed by atoms with E-state index in [-0.39, 0.29) is 11.4 Å². The van der Waals surface area contributed by atoms with Gasteiger partial charge in [0, 0.05) is 18.2 Å². The van der Waals surface area contributed by atoms with Crippen LogP contribution >= 0.6 is 0 Å². The Morgan fingerprint density at radius 3 is 2.70 bits per heavy atom. The maximum Gasteiger partial charge on any atom is 0.191 e. The minimum absolute atomic E-state index is 0.0512. The van der Waals surface area contributed by atoms with Crippen molar-refractivity contribution in [3.05, 3.63) is 30.1 Å². The Hall–Kier alpha value is -1.78. The molecule has 5 heteroatoms. The van der Waals surface area contributed by atoms with E-state index in [0.717, 1.165) is 12.5 Å². The molecule has 0 amide bonds. The Bertz CT molecular complexity index is 441. The molecule has 0 bridgehead atoms. The van der Waals surface area contributed by atoms with E-state index in [1.807, 2.05) is 6.92 Å². The number of ether oxygens (including phenoxy) is 1. The Labute approximate surface area is 120 Å². The van der Waals surface area contributed by atoms with E-state index >= 15 is 0 Å². The molecule has 20 heavy (non-hydrogen) atoms. The average molecular weight is 281 g/mol. The molecule has 0 aliphatic heterocycles. The number of rotatable bonds is 5. The molecule has 0 atom stereocenters. The zero-order valence-electron chi connectivity index (χ0n) is 12.7. The quantitative estimate of drug-likeness (QED) is 0.495. The second-order valence-corrected chi connectivity index (χ2v) is 5.44. The van der Waals surface area contributed by atoms with Crippen molar-refractivity contribution in [1.29, 1.82) is 0 Å². The molecule has 0 saturated heterocycles. The van der Waals surface area contributed by atoms with Gasteiger partial charge in [0.1, 0.15) is 18.2 Å². The third kappa shape index (κ3) is 6.97. The highest BCUT2D eigenvalue weighted by Crippen LogP contribution is 2.11. The Morgan fingerprint density at radius 2 is 2.10 bits per heavy atom. The van der Waals surface area contributed by atoms with Gasteiger partial charge in [0.25, 0.3) is 0 Å². The summed E-state index contributed by atoms with van der Waals surface area (Å²) in [7, 11) is 0. The van der Waals surface area contributed by atoms with E-state index < -0.39 is 0 Å². The zero-order chi connectivity index (χ0) is 15.0. The lowest BCUT2D eigenvalue weighted by molar-refractivity contribution is 0.326. The number of hydrogen-bond donors (Lipinski definition) is 2. The summed E-state index contributed by atoms with van der Waals surface area (Å²) in [6, 6.07) is 6.11. The van der Waals surface area contributed by atoms with Crippen LogP contribution in [0, 0.1) is 5.82 Å². The third-order valence-corrected chi connectivity index (χ3v) is 2.26. The van der Waals surface area contributed by atoms with Crippen LogP contribution in [0.3, 0.4) is 0 Å². The number of benzene rings is 1. The molecule has 0 aliphatic carbocycles. The summed E-state index contributed by atoms with van der Waals surface area (Å²) in [5, 5.41) is 6.46. The molecule has 0 saturated carbocycles. The van der Waals surface area contributed by atoms with Crippen LogP contribution in [0.2, 0.25) is 0 Å². The summed E-state index contributed by atoms with van der Waals surface area (Å²) in [4.78, 5) is 4.41. The van der Waals surface area contributed by atoms with Crippen molar-refractivity contribution in [1.82, 2.24) is 10.6 Å². The standard InChI is InChI=1S/C15H24FN3O/c1-5-17-14(19-15(2,3)4)18-9-10-20-13-8-6-7-12(16)11-13/h6-8,11H,5,9-10H2,1-4H3,(H2,17,18,19). The fourth-order valence-electron chi connectivity index (χ4n) is 1.54. The van der Waals surface area contributed by atoms with Crippen LogP contribution in [-0.2, 0) is 0 Å². The van der Waals surface area contributed by atoms with Gasteiger partial charge in [-0.3, -0.25) is 0 Å². The summed E-state index contributed by atoms with van der Waals surface area (Å²) in [5.41, 5.74) is -0.0512. The van der Waals surface area contributed by atoms with Crippen LogP contribution < -0.4 is 15.4 Å². The number of hydrogen-bond acceptors (Lipinski definition) is 2. The van der Waals surface area contributed by atoms with Crippen molar-refractivity contribution in [3.8, 4) is 5.75 Å². The predicted octanol–water partition coefficient (Wildman–Crippen LogP) is 2.56. The van der Waals surface area contributed by atoms with Crippen molar-refractivity contribution < 1.29 is 9.13 Å². The minimum Gasteiger partial charge on any atom is -0.492 e. The largest absolute Gasteiger partial charge is 0.492 e. The molecular formula is C15H24FN3O. The van der Waals surface area contributed by atoms with Gasteiger partial charge in [0.05, 0.1) is 6.54 Å². The number of guanidine groups is 1. The van der Waals surface area contributed by atoms with Crippen molar-refractivity contribution in [2.24, 2.45) is 4.99 Å². The van der Waals surface area contributed by atoms with Crippen LogP contribution in [0.25, 0.3) is 0 Å². The highest BCUT2D eigenvalue weighted by molar-refractivity contribution is 5.80. The fourth-order valence-corrected chi connectivity index (χ4v) is 1.54. The first-order chi connectivity index (χ1) is 9.40. The molecule has 0 fully saturated rings. The van der Waals surface area contributed by atoms with Gasteiger partial charge in [0.15, 0.2) is 5.96 Å². The average Bonchev–Trinajstić information content (AvgIpc) is 2.33. The number of halogens is 1. The van der Waals surface area contributed by atoms with Crippen molar-refractivity contribution in [2.45, 2.75) is 33.2 Å². The second kappa shape index (κ2) is 7.72. The van der Waals surface area contributed by atoms with E-state index in [1.165, 1.54) is 12.1 Å². The Kier molecular flexibility index (Phi) is 6.28. The van der Waals surface area contributed by atoms with E-state index in [1.54, 1.807) is 12.1 Å². The van der Waals surface area contributed by atoms with Crippen molar-refractivity contribution >= 4 is 5.96 Å². The molecule has 1 aromatic rings. The SMILES string of the molecule is CCNC(=NCCOc1cccc(F)c1)NC(C)(C)C. The molecule has 0 aromatic heterocycles. The lowest BCUT2D eigenvalue weighted by atomic mass is 10.1. The molecular weight excluding hydrogens is 257 g/mol. The topological polar surface area (TPSA) is 45.7 Å². The smallest absolute Gasteiger partial charge is 0.191 e. The van der Waals surface area contributed by atoms with E-state index in [9.17, 15) is 4.39 Å². The normalized spacial score (nSPS) is 12.2. The molecule has 0 unspecified atom stereocenters. The molecule has 0 spiro atoms. The number of aliphatic imine (C=N–C) groups is 1. The molecule has 0 aliphatic rings. The van der Waals surface area contributed by atoms with Crippen LogP contribution in [0.1, 0.15) is 27.7 Å². The molecule has 2 N–H and O–H groups in total. The zero-order valence-corrected chi connectivity index (χ0v) is 12.7. The van der Waals surface area contributed by atoms with Crippen LogP contribution in [-0.4, -0.2) is 31.2 Å². The van der Waals surface area contributed by atoms with Crippen LogP contribution in [0.5, 0.6) is 5.75 Å². The Morgan fingerprint density at radius 1 is 1.35 bits per heavy atom. The molecule has 0 radical (unpaired) electrons. The summed E-state index contributed by atoms with van der Waals surface area (Å²) < 4.78 is 18.4. The lowest BCUT2D eigenvalue weighted by Gasteiger charge is -2.23. The summed E-state index contributed by atoms with van der Waals surface area (Å²) in [5.74, 6) is 0.977. The number of nitrogens with one attached hydrogen (secondary N) is 2. The summed E-state index contributed by atoms with van der Waals surface area (Å²) in [6.07, 6.45) is 0. The first-order valence-corrected chi connectivity index (χ1v) is 6.85. The van der Waals surface area contributed by atoms with Gasteiger partial charge >= 0.3 is 0 Å².